The Bertz CT molecular complexity index is 843. The number of hydrogen-bond acceptors (Lipinski definition) is 5. The number of amides is 1. The Labute approximate surface area is 170 Å². The normalized spacial score (nSPS) is 14.3. The van der Waals surface area contributed by atoms with Crippen LogP contribution in [0, 0.1) is 0 Å². The van der Waals surface area contributed by atoms with E-state index in [4.69, 9.17) is 25.8 Å². The second-order valence-corrected chi connectivity index (χ2v) is 7.18. The number of benzene rings is 2. The van der Waals surface area contributed by atoms with E-state index in [1.54, 1.807) is 19.2 Å². The molecule has 1 amide bonds. The number of fused-ring (bicyclic) bond motifs is 1. The van der Waals surface area contributed by atoms with E-state index in [1.807, 2.05) is 43.1 Å². The van der Waals surface area contributed by atoms with Crippen molar-refractivity contribution in [1.29, 1.82) is 0 Å². The summed E-state index contributed by atoms with van der Waals surface area (Å²) in [6.07, 6.45) is 0.838. The molecule has 0 fully saturated rings. The number of methoxy groups -OCH3 is 1. The first-order valence-corrected chi connectivity index (χ1v) is 9.59. The Morgan fingerprint density at radius 2 is 1.96 bits per heavy atom. The minimum atomic E-state index is -0.361. The van der Waals surface area contributed by atoms with Crippen molar-refractivity contribution < 1.29 is 19.0 Å². The van der Waals surface area contributed by atoms with Crippen LogP contribution in [0.4, 0.5) is 5.69 Å². The van der Waals surface area contributed by atoms with Crippen LogP contribution < -0.4 is 19.5 Å². The molecule has 2 aromatic rings. The standard InChI is InChI=1S/C21H25ClN2O4/c1-14(24(2)13-15-11-16(22)5-7-18(15)26-3)21(25)23-17-6-8-19-20(12-17)28-10-4-9-27-19/h5-8,11-12,14H,4,9-10,13H2,1-3H3,(H,23,25). The number of anilines is 1. The predicted octanol–water partition coefficient (Wildman–Crippen LogP) is 3.97. The van der Waals surface area contributed by atoms with Crippen molar-refractivity contribution >= 4 is 23.2 Å². The number of carbonyl (C=O) groups excluding carboxylic acids is 1. The average molecular weight is 405 g/mol. The molecule has 0 saturated heterocycles. The molecule has 150 valence electrons. The molecule has 0 bridgehead atoms. The molecule has 1 aliphatic rings. The molecule has 0 radical (unpaired) electrons. The minimum absolute atomic E-state index is 0.113. The van der Waals surface area contributed by atoms with Gasteiger partial charge in [-0.3, -0.25) is 9.69 Å². The van der Waals surface area contributed by atoms with Crippen molar-refractivity contribution in [3.05, 3.63) is 47.0 Å². The molecule has 6 nitrogen and oxygen atoms in total. The van der Waals surface area contributed by atoms with E-state index in [-0.39, 0.29) is 11.9 Å². The molecule has 1 heterocycles. The van der Waals surface area contributed by atoms with E-state index in [9.17, 15) is 4.79 Å². The first-order chi connectivity index (χ1) is 13.5. The van der Waals surface area contributed by atoms with Gasteiger partial charge in [-0.15, -0.1) is 0 Å². The van der Waals surface area contributed by atoms with E-state index >= 15 is 0 Å². The summed E-state index contributed by atoms with van der Waals surface area (Å²) in [4.78, 5) is 14.7. The molecule has 1 aliphatic heterocycles. The van der Waals surface area contributed by atoms with Crippen LogP contribution in [0.5, 0.6) is 17.2 Å². The van der Waals surface area contributed by atoms with Crippen molar-refractivity contribution in [2.45, 2.75) is 25.9 Å². The average Bonchev–Trinajstić information content (AvgIpc) is 2.92. The van der Waals surface area contributed by atoms with Gasteiger partial charge in [-0.05, 0) is 44.3 Å². The van der Waals surface area contributed by atoms with E-state index in [1.165, 1.54) is 0 Å². The third-order valence-electron chi connectivity index (χ3n) is 4.72. The molecule has 28 heavy (non-hydrogen) atoms. The molecule has 3 rings (SSSR count). The molecule has 0 saturated carbocycles. The van der Waals surface area contributed by atoms with Crippen LogP contribution in [0.2, 0.25) is 5.02 Å². The highest BCUT2D eigenvalue weighted by atomic mass is 35.5. The molecule has 1 N–H and O–H groups in total. The maximum atomic E-state index is 12.7. The van der Waals surface area contributed by atoms with Gasteiger partial charge in [-0.25, -0.2) is 0 Å². The zero-order valence-electron chi connectivity index (χ0n) is 16.3. The second kappa shape index (κ2) is 9.17. The lowest BCUT2D eigenvalue weighted by molar-refractivity contribution is -0.120. The topological polar surface area (TPSA) is 60.0 Å². The van der Waals surface area contributed by atoms with Crippen molar-refractivity contribution in [2.24, 2.45) is 0 Å². The third-order valence-corrected chi connectivity index (χ3v) is 4.95. The van der Waals surface area contributed by atoms with Gasteiger partial charge in [0.2, 0.25) is 5.91 Å². The Morgan fingerprint density at radius 3 is 2.71 bits per heavy atom. The largest absolute Gasteiger partial charge is 0.496 e. The molecular weight excluding hydrogens is 380 g/mol. The van der Waals surface area contributed by atoms with E-state index in [0.717, 1.165) is 17.7 Å². The first-order valence-electron chi connectivity index (χ1n) is 9.21. The Morgan fingerprint density at radius 1 is 1.21 bits per heavy atom. The first kappa shape index (κ1) is 20.3. The van der Waals surface area contributed by atoms with Crippen LogP contribution in [0.1, 0.15) is 18.9 Å². The predicted molar refractivity (Wildman–Crippen MR) is 110 cm³/mol. The summed E-state index contributed by atoms with van der Waals surface area (Å²) in [6.45, 7) is 3.62. The zero-order chi connectivity index (χ0) is 20.1. The van der Waals surface area contributed by atoms with Gasteiger partial charge in [0.15, 0.2) is 11.5 Å². The lowest BCUT2D eigenvalue weighted by atomic mass is 10.1. The number of hydrogen-bond donors (Lipinski definition) is 1. The summed E-state index contributed by atoms with van der Waals surface area (Å²) in [5.74, 6) is 1.98. The van der Waals surface area contributed by atoms with Crippen LogP contribution in [0.25, 0.3) is 0 Å². The van der Waals surface area contributed by atoms with Gasteiger partial charge in [0.25, 0.3) is 0 Å². The summed E-state index contributed by atoms with van der Waals surface area (Å²) < 4.78 is 16.7. The lowest BCUT2D eigenvalue weighted by Gasteiger charge is -2.25. The van der Waals surface area contributed by atoms with Gasteiger partial charge in [-0.2, -0.15) is 0 Å². The van der Waals surface area contributed by atoms with Gasteiger partial charge in [0, 0.05) is 35.3 Å². The molecule has 1 atom stereocenters. The van der Waals surface area contributed by atoms with E-state index < -0.39 is 0 Å². The Balaban J connectivity index is 1.66. The number of likely N-dealkylation sites (N-methyl/N-ethyl adjacent to an activating group) is 1. The monoisotopic (exact) mass is 404 g/mol. The van der Waals surface area contributed by atoms with Gasteiger partial charge in [0.05, 0.1) is 26.4 Å². The lowest BCUT2D eigenvalue weighted by Crippen LogP contribution is -2.39. The third kappa shape index (κ3) is 4.88. The number of rotatable bonds is 6. The maximum Gasteiger partial charge on any atom is 0.241 e. The molecule has 0 spiro atoms. The fourth-order valence-electron chi connectivity index (χ4n) is 2.96. The van der Waals surface area contributed by atoms with Gasteiger partial charge in [0.1, 0.15) is 5.75 Å². The maximum absolute atomic E-state index is 12.7. The highest BCUT2D eigenvalue weighted by molar-refractivity contribution is 6.30. The molecule has 7 heteroatoms. The van der Waals surface area contributed by atoms with Gasteiger partial charge >= 0.3 is 0 Å². The molecule has 0 aromatic heterocycles. The number of ether oxygens (including phenoxy) is 3. The SMILES string of the molecule is COc1ccc(Cl)cc1CN(C)C(C)C(=O)Nc1ccc2c(c1)OCCCO2. The van der Waals surface area contributed by atoms with E-state index in [0.29, 0.717) is 42.0 Å². The van der Waals surface area contributed by atoms with Crippen LogP contribution >= 0.6 is 11.6 Å². The van der Waals surface area contributed by atoms with Gasteiger partial charge in [-0.1, -0.05) is 11.6 Å². The Kier molecular flexibility index (Phi) is 6.65. The van der Waals surface area contributed by atoms with Gasteiger partial charge < -0.3 is 19.5 Å². The fraction of sp³-hybridized carbons (Fsp3) is 0.381. The summed E-state index contributed by atoms with van der Waals surface area (Å²) >= 11 is 6.10. The van der Waals surface area contributed by atoms with Crippen molar-refractivity contribution in [3.63, 3.8) is 0 Å². The highest BCUT2D eigenvalue weighted by Crippen LogP contribution is 2.32. The number of halogens is 1. The Hall–Kier alpha value is -2.44. The molecule has 0 aliphatic carbocycles. The summed E-state index contributed by atoms with van der Waals surface area (Å²) in [6, 6.07) is 10.5. The van der Waals surface area contributed by atoms with E-state index in [2.05, 4.69) is 5.32 Å². The van der Waals surface area contributed by atoms with Crippen LogP contribution in [-0.2, 0) is 11.3 Å². The zero-order valence-corrected chi connectivity index (χ0v) is 17.1. The molecular formula is C21H25ClN2O4. The summed E-state index contributed by atoms with van der Waals surface area (Å²) in [7, 11) is 3.51. The number of nitrogens with zero attached hydrogens (tertiary/aromatic N) is 1. The van der Waals surface area contributed by atoms with Crippen molar-refractivity contribution in [2.75, 3.05) is 32.7 Å². The summed E-state index contributed by atoms with van der Waals surface area (Å²) in [5.41, 5.74) is 1.60. The highest BCUT2D eigenvalue weighted by Gasteiger charge is 2.20. The molecule has 2 aromatic carbocycles. The number of nitrogens with one attached hydrogen (secondary N) is 1. The fourth-order valence-corrected chi connectivity index (χ4v) is 3.16. The summed E-state index contributed by atoms with van der Waals surface area (Å²) in [5, 5.41) is 3.58. The van der Waals surface area contributed by atoms with Crippen LogP contribution in [0.15, 0.2) is 36.4 Å². The molecule has 1 unspecified atom stereocenters. The number of carbonyl (C=O) groups is 1. The van der Waals surface area contributed by atoms with Crippen molar-refractivity contribution in [1.82, 2.24) is 4.90 Å². The van der Waals surface area contributed by atoms with Crippen LogP contribution in [0.3, 0.4) is 0 Å². The van der Waals surface area contributed by atoms with Crippen molar-refractivity contribution in [3.8, 4) is 17.2 Å². The minimum Gasteiger partial charge on any atom is -0.496 e. The quantitative estimate of drug-likeness (QED) is 0.789. The smallest absolute Gasteiger partial charge is 0.241 e. The second-order valence-electron chi connectivity index (χ2n) is 6.75. The van der Waals surface area contributed by atoms with Crippen LogP contribution in [-0.4, -0.2) is 44.2 Å².